The fraction of sp³-hybridized carbons (Fsp3) is 0.474. The lowest BCUT2D eigenvalue weighted by Gasteiger charge is -2.21. The third kappa shape index (κ3) is 3.52. The summed E-state index contributed by atoms with van der Waals surface area (Å²) in [5.41, 5.74) is 2.27. The number of rotatable bonds is 4. The summed E-state index contributed by atoms with van der Waals surface area (Å²) in [5, 5.41) is 6.71. The molecule has 1 aromatic heterocycles. The number of thiazole rings is 1. The van der Waals surface area contributed by atoms with Crippen molar-refractivity contribution in [3.05, 3.63) is 52.0 Å². The number of aromatic nitrogens is 1. The molecule has 1 aromatic carbocycles. The van der Waals surface area contributed by atoms with Gasteiger partial charge in [-0.05, 0) is 12.0 Å². The Morgan fingerprint density at radius 1 is 1.29 bits per heavy atom. The van der Waals surface area contributed by atoms with E-state index in [-0.39, 0.29) is 23.4 Å². The monoisotopic (exact) mass is 343 g/mol. The normalized spacial score (nSPS) is 19.8. The summed E-state index contributed by atoms with van der Waals surface area (Å²) < 4.78 is 0. The average molecular weight is 343 g/mol. The summed E-state index contributed by atoms with van der Waals surface area (Å²) in [6.45, 7) is 7.33. The van der Waals surface area contributed by atoms with Gasteiger partial charge in [-0.15, -0.1) is 11.3 Å². The quantitative estimate of drug-likeness (QED) is 0.926. The van der Waals surface area contributed by atoms with E-state index in [1.165, 1.54) is 0 Å². The van der Waals surface area contributed by atoms with Gasteiger partial charge in [-0.25, -0.2) is 4.98 Å². The first kappa shape index (κ1) is 17.1. The molecule has 0 saturated carbocycles. The van der Waals surface area contributed by atoms with Gasteiger partial charge in [0.05, 0.1) is 17.8 Å². The van der Waals surface area contributed by atoms with Crippen molar-refractivity contribution < 1.29 is 4.79 Å². The first-order valence-electron chi connectivity index (χ1n) is 8.38. The second kappa shape index (κ2) is 6.65. The van der Waals surface area contributed by atoms with E-state index in [1.54, 1.807) is 16.2 Å². The van der Waals surface area contributed by atoms with Crippen molar-refractivity contribution in [1.29, 1.82) is 0 Å². The van der Waals surface area contributed by atoms with Crippen LogP contribution < -0.4 is 5.32 Å². The van der Waals surface area contributed by atoms with Gasteiger partial charge in [-0.2, -0.15) is 0 Å². The topological polar surface area (TPSA) is 45.2 Å². The molecule has 4 nitrogen and oxygen atoms in total. The molecule has 1 amide bonds. The maximum Gasteiger partial charge on any atom is 0.239 e. The number of amides is 1. The molecule has 0 bridgehead atoms. The Morgan fingerprint density at radius 2 is 2.00 bits per heavy atom. The summed E-state index contributed by atoms with van der Waals surface area (Å²) in [6.07, 6.45) is 0.843. The van der Waals surface area contributed by atoms with Gasteiger partial charge >= 0.3 is 0 Å². The molecule has 1 fully saturated rings. The summed E-state index contributed by atoms with van der Waals surface area (Å²) in [4.78, 5) is 19.0. The molecule has 1 N–H and O–H groups in total. The number of nitrogens with zero attached hydrogens (tertiary/aromatic N) is 2. The molecular formula is C19H25N3OS. The molecule has 0 radical (unpaired) electrons. The molecule has 1 aliphatic heterocycles. The number of nitrogens with one attached hydrogen (secondary N) is 1. The highest BCUT2D eigenvalue weighted by atomic mass is 32.1. The van der Waals surface area contributed by atoms with Crippen LogP contribution in [-0.2, 0) is 10.2 Å². The van der Waals surface area contributed by atoms with Crippen LogP contribution in [0.3, 0.4) is 0 Å². The molecule has 0 unspecified atom stereocenters. The predicted octanol–water partition coefficient (Wildman–Crippen LogP) is 3.35. The lowest BCUT2D eigenvalue weighted by Crippen LogP contribution is -2.39. The molecular weight excluding hydrogens is 318 g/mol. The van der Waals surface area contributed by atoms with Crippen LogP contribution in [0.2, 0.25) is 0 Å². The van der Waals surface area contributed by atoms with Crippen molar-refractivity contribution in [1.82, 2.24) is 15.2 Å². The summed E-state index contributed by atoms with van der Waals surface area (Å²) in [6, 6.07) is 10.1. The number of hydrogen-bond acceptors (Lipinski definition) is 4. The number of likely N-dealkylation sites (N-methyl/N-ethyl adjacent to an activating group) is 1. The van der Waals surface area contributed by atoms with E-state index in [0.29, 0.717) is 0 Å². The molecule has 128 valence electrons. The van der Waals surface area contributed by atoms with Gasteiger partial charge in [0, 0.05) is 24.4 Å². The number of carbonyl (C=O) groups is 1. The Bertz CT molecular complexity index is 705. The third-order valence-electron chi connectivity index (χ3n) is 4.47. The Morgan fingerprint density at radius 3 is 2.54 bits per heavy atom. The van der Waals surface area contributed by atoms with Gasteiger partial charge in [0.1, 0.15) is 5.01 Å². The number of carbonyl (C=O) groups excluding carboxylic acids is 1. The molecule has 2 atom stereocenters. The fourth-order valence-corrected chi connectivity index (χ4v) is 4.03. The van der Waals surface area contributed by atoms with E-state index >= 15 is 0 Å². The van der Waals surface area contributed by atoms with Crippen LogP contribution in [0.4, 0.5) is 0 Å². The highest BCUT2D eigenvalue weighted by Crippen LogP contribution is 2.31. The molecule has 1 saturated heterocycles. The van der Waals surface area contributed by atoms with Crippen molar-refractivity contribution >= 4 is 17.2 Å². The van der Waals surface area contributed by atoms with Gasteiger partial charge in [0.15, 0.2) is 0 Å². The smallest absolute Gasteiger partial charge is 0.239 e. The number of benzene rings is 1. The number of hydrogen-bond donors (Lipinski definition) is 1. The van der Waals surface area contributed by atoms with Crippen LogP contribution >= 0.6 is 11.3 Å². The van der Waals surface area contributed by atoms with Crippen molar-refractivity contribution in [2.75, 3.05) is 13.6 Å². The van der Waals surface area contributed by atoms with Gasteiger partial charge in [0.25, 0.3) is 0 Å². The van der Waals surface area contributed by atoms with E-state index < -0.39 is 0 Å². The van der Waals surface area contributed by atoms with E-state index in [2.05, 4.69) is 43.6 Å². The minimum absolute atomic E-state index is 0.0272. The Labute approximate surface area is 147 Å². The van der Waals surface area contributed by atoms with E-state index in [0.717, 1.165) is 29.2 Å². The molecule has 1 aliphatic rings. The van der Waals surface area contributed by atoms with Gasteiger partial charge < -0.3 is 4.90 Å². The van der Waals surface area contributed by atoms with Crippen LogP contribution in [0.5, 0.6) is 0 Å². The van der Waals surface area contributed by atoms with Gasteiger partial charge in [-0.1, -0.05) is 51.1 Å². The first-order valence-corrected chi connectivity index (χ1v) is 9.26. The SMILES string of the molecule is CN1CC[C@H](N[C@H](c2ccccc2)c2nc(C(C)(C)C)cs2)C1=O. The minimum atomic E-state index is -0.137. The largest absolute Gasteiger partial charge is 0.344 e. The van der Waals surface area contributed by atoms with E-state index in [4.69, 9.17) is 4.98 Å². The lowest BCUT2D eigenvalue weighted by molar-refractivity contribution is -0.128. The summed E-state index contributed by atoms with van der Waals surface area (Å²) in [7, 11) is 1.86. The fourth-order valence-electron chi connectivity index (χ4n) is 2.90. The molecule has 5 heteroatoms. The van der Waals surface area contributed by atoms with Crippen LogP contribution in [0.15, 0.2) is 35.7 Å². The second-order valence-electron chi connectivity index (χ2n) is 7.43. The maximum absolute atomic E-state index is 12.3. The Balaban J connectivity index is 1.91. The van der Waals surface area contributed by atoms with Crippen molar-refractivity contribution in [2.45, 2.75) is 44.7 Å². The zero-order valence-corrected chi connectivity index (χ0v) is 15.6. The van der Waals surface area contributed by atoms with E-state index in [1.807, 2.05) is 25.2 Å². The number of likely N-dealkylation sites (tertiary alicyclic amines) is 1. The molecule has 2 aromatic rings. The summed E-state index contributed by atoms with van der Waals surface area (Å²) in [5.74, 6) is 0.170. The van der Waals surface area contributed by atoms with Crippen molar-refractivity contribution in [3.8, 4) is 0 Å². The van der Waals surface area contributed by atoms with Crippen LogP contribution in [0.1, 0.15) is 49.5 Å². The average Bonchev–Trinajstić information content (AvgIpc) is 3.15. The van der Waals surface area contributed by atoms with Gasteiger partial charge in [-0.3, -0.25) is 10.1 Å². The summed E-state index contributed by atoms with van der Waals surface area (Å²) >= 11 is 1.67. The predicted molar refractivity (Wildman–Crippen MR) is 98.3 cm³/mol. The van der Waals surface area contributed by atoms with Gasteiger partial charge in [0.2, 0.25) is 5.91 Å². The molecule has 0 aliphatic carbocycles. The van der Waals surface area contributed by atoms with Crippen LogP contribution in [-0.4, -0.2) is 35.4 Å². The van der Waals surface area contributed by atoms with Crippen molar-refractivity contribution in [3.63, 3.8) is 0 Å². The van der Waals surface area contributed by atoms with Crippen LogP contribution in [0, 0.1) is 0 Å². The van der Waals surface area contributed by atoms with E-state index in [9.17, 15) is 4.79 Å². The molecule has 3 rings (SSSR count). The maximum atomic E-state index is 12.3. The standard InChI is InChI=1S/C19H25N3OS/c1-19(2,3)15-12-24-17(21-15)16(13-8-6-5-7-9-13)20-14-10-11-22(4)18(14)23/h5-9,12,14,16,20H,10-11H2,1-4H3/t14-,16+/m0/s1. The Hall–Kier alpha value is -1.72. The molecule has 0 spiro atoms. The zero-order valence-electron chi connectivity index (χ0n) is 14.7. The lowest BCUT2D eigenvalue weighted by atomic mass is 9.93. The highest BCUT2D eigenvalue weighted by Gasteiger charge is 2.32. The first-order chi connectivity index (χ1) is 11.4. The third-order valence-corrected chi connectivity index (χ3v) is 5.38. The highest BCUT2D eigenvalue weighted by molar-refractivity contribution is 7.09. The minimum Gasteiger partial charge on any atom is -0.344 e. The van der Waals surface area contributed by atoms with Crippen LogP contribution in [0.25, 0.3) is 0 Å². The van der Waals surface area contributed by atoms with Crippen molar-refractivity contribution in [2.24, 2.45) is 0 Å². The zero-order chi connectivity index (χ0) is 17.3. The molecule has 24 heavy (non-hydrogen) atoms. The second-order valence-corrected chi connectivity index (χ2v) is 8.32. The molecule has 2 heterocycles. The Kier molecular flexibility index (Phi) is 4.74.